The molecule has 0 fully saturated rings. The predicted molar refractivity (Wildman–Crippen MR) is 276 cm³/mol. The summed E-state index contributed by atoms with van der Waals surface area (Å²) < 4.78 is 0. The van der Waals surface area contributed by atoms with Gasteiger partial charge in [-0.15, -0.1) is 0 Å². The standard InChI is InChI=1S/C58H115NO3/c1-3-5-7-9-11-13-15-17-19-21-23-25-27-29-30-31-33-35-37-39-41-43-45-47-49-51-53-57(61)56(55-60)59-58(62)54-52-50-48-46-44-42-40-38-36-34-32-28-26-24-22-20-18-16-14-12-10-8-6-4-2/h51,53,56-57,60-61H,3-50,52,54-55H2,1-2H3,(H,59,62)/b53-51+. The van der Waals surface area contributed by atoms with Crippen LogP contribution in [0.5, 0.6) is 0 Å². The fourth-order valence-corrected chi connectivity index (χ4v) is 9.36. The van der Waals surface area contributed by atoms with Gasteiger partial charge in [0.15, 0.2) is 0 Å². The summed E-state index contributed by atoms with van der Waals surface area (Å²) in [6.07, 6.45) is 71.0. The molecule has 0 saturated heterocycles. The zero-order valence-electron chi connectivity index (χ0n) is 42.7. The fraction of sp³-hybridized carbons (Fsp3) is 0.948. The van der Waals surface area contributed by atoms with Crippen molar-refractivity contribution >= 4 is 5.91 Å². The van der Waals surface area contributed by atoms with E-state index in [0.29, 0.717) is 6.42 Å². The second-order valence-corrected chi connectivity index (χ2v) is 20.1. The number of aliphatic hydroxyl groups excluding tert-OH is 2. The third-order valence-electron chi connectivity index (χ3n) is 13.8. The summed E-state index contributed by atoms with van der Waals surface area (Å²) >= 11 is 0. The molecule has 0 spiro atoms. The van der Waals surface area contributed by atoms with Gasteiger partial charge in [0.1, 0.15) is 0 Å². The molecular weight excluding hydrogens is 759 g/mol. The minimum Gasteiger partial charge on any atom is -0.394 e. The third-order valence-corrected chi connectivity index (χ3v) is 13.8. The maximum absolute atomic E-state index is 12.5. The first kappa shape index (κ1) is 61.1. The second kappa shape index (κ2) is 54.5. The Kier molecular flexibility index (Phi) is 53.7. The Balaban J connectivity index is 3.44. The van der Waals surface area contributed by atoms with Crippen molar-refractivity contribution in [2.45, 2.75) is 347 Å². The van der Waals surface area contributed by atoms with E-state index in [1.165, 1.54) is 289 Å². The van der Waals surface area contributed by atoms with E-state index in [2.05, 4.69) is 19.2 Å². The van der Waals surface area contributed by atoms with Gasteiger partial charge in [0, 0.05) is 6.42 Å². The van der Waals surface area contributed by atoms with E-state index >= 15 is 0 Å². The van der Waals surface area contributed by atoms with Crippen LogP contribution in [-0.4, -0.2) is 34.9 Å². The van der Waals surface area contributed by atoms with Crippen LogP contribution in [0.4, 0.5) is 0 Å². The molecule has 0 radical (unpaired) electrons. The van der Waals surface area contributed by atoms with Gasteiger partial charge in [0.05, 0.1) is 18.8 Å². The monoisotopic (exact) mass is 874 g/mol. The Morgan fingerprint density at radius 2 is 0.597 bits per heavy atom. The van der Waals surface area contributed by atoms with Crippen molar-refractivity contribution in [3.05, 3.63) is 12.2 Å². The molecule has 0 aliphatic heterocycles. The summed E-state index contributed by atoms with van der Waals surface area (Å²) in [6.45, 7) is 4.36. The van der Waals surface area contributed by atoms with E-state index in [9.17, 15) is 15.0 Å². The van der Waals surface area contributed by atoms with Crippen molar-refractivity contribution in [1.82, 2.24) is 5.32 Å². The highest BCUT2D eigenvalue weighted by molar-refractivity contribution is 5.76. The molecule has 4 nitrogen and oxygen atoms in total. The summed E-state index contributed by atoms with van der Waals surface area (Å²) in [5.74, 6) is -0.0553. The van der Waals surface area contributed by atoms with E-state index in [1.807, 2.05) is 6.08 Å². The average Bonchev–Trinajstić information content (AvgIpc) is 3.28. The SMILES string of the molecule is CCCCCCCCCCCCCCCCCCCCCCCCCC/C=C/C(O)C(CO)NC(=O)CCCCCCCCCCCCCCCCCCCCCCCCCC. The van der Waals surface area contributed by atoms with Crippen molar-refractivity contribution in [3.8, 4) is 0 Å². The molecule has 0 aliphatic carbocycles. The molecule has 0 bridgehead atoms. The number of unbranched alkanes of at least 4 members (excludes halogenated alkanes) is 47. The van der Waals surface area contributed by atoms with Crippen molar-refractivity contribution in [1.29, 1.82) is 0 Å². The van der Waals surface area contributed by atoms with E-state index in [4.69, 9.17) is 0 Å². The average molecular weight is 875 g/mol. The van der Waals surface area contributed by atoms with Crippen molar-refractivity contribution in [2.24, 2.45) is 0 Å². The topological polar surface area (TPSA) is 69.6 Å². The third kappa shape index (κ3) is 50.1. The van der Waals surface area contributed by atoms with Crippen LogP contribution < -0.4 is 5.32 Å². The largest absolute Gasteiger partial charge is 0.394 e. The van der Waals surface area contributed by atoms with Crippen LogP contribution in [0.2, 0.25) is 0 Å². The summed E-state index contributed by atoms with van der Waals surface area (Å²) in [5.41, 5.74) is 0. The van der Waals surface area contributed by atoms with Crippen molar-refractivity contribution < 1.29 is 15.0 Å². The second-order valence-electron chi connectivity index (χ2n) is 20.1. The summed E-state index contributed by atoms with van der Waals surface area (Å²) in [7, 11) is 0. The van der Waals surface area contributed by atoms with Gasteiger partial charge in [-0.2, -0.15) is 0 Å². The van der Waals surface area contributed by atoms with Crippen LogP contribution >= 0.6 is 0 Å². The van der Waals surface area contributed by atoms with E-state index in [1.54, 1.807) is 6.08 Å². The Morgan fingerprint density at radius 1 is 0.371 bits per heavy atom. The molecule has 0 aromatic rings. The van der Waals surface area contributed by atoms with E-state index in [-0.39, 0.29) is 12.5 Å². The molecule has 2 atom stereocenters. The molecular formula is C58H115NO3. The molecule has 0 aromatic heterocycles. The highest BCUT2D eigenvalue weighted by atomic mass is 16.3. The minimum absolute atomic E-state index is 0.0553. The lowest BCUT2D eigenvalue weighted by Gasteiger charge is -2.20. The number of amides is 1. The van der Waals surface area contributed by atoms with E-state index < -0.39 is 12.1 Å². The van der Waals surface area contributed by atoms with Gasteiger partial charge < -0.3 is 15.5 Å². The summed E-state index contributed by atoms with van der Waals surface area (Å²) in [4.78, 5) is 12.5. The quantitative estimate of drug-likeness (QED) is 0.0421. The fourth-order valence-electron chi connectivity index (χ4n) is 9.36. The number of hydrogen-bond acceptors (Lipinski definition) is 3. The number of aliphatic hydroxyl groups is 2. The maximum Gasteiger partial charge on any atom is 0.220 e. The number of allylic oxidation sites excluding steroid dienone is 1. The van der Waals surface area contributed by atoms with Crippen LogP contribution in [0, 0.1) is 0 Å². The number of carbonyl (C=O) groups excluding carboxylic acids is 1. The number of hydrogen-bond donors (Lipinski definition) is 3. The van der Waals surface area contributed by atoms with Gasteiger partial charge in [-0.05, 0) is 19.3 Å². The molecule has 2 unspecified atom stereocenters. The van der Waals surface area contributed by atoms with Gasteiger partial charge in [0.25, 0.3) is 0 Å². The van der Waals surface area contributed by atoms with Gasteiger partial charge in [0.2, 0.25) is 5.91 Å². The zero-order chi connectivity index (χ0) is 44.9. The van der Waals surface area contributed by atoms with Gasteiger partial charge >= 0.3 is 0 Å². The highest BCUT2D eigenvalue weighted by Crippen LogP contribution is 2.18. The molecule has 3 N–H and O–H groups in total. The van der Waals surface area contributed by atoms with Crippen LogP contribution in [0.1, 0.15) is 335 Å². The first-order chi connectivity index (χ1) is 30.7. The molecule has 370 valence electrons. The highest BCUT2D eigenvalue weighted by Gasteiger charge is 2.18. The smallest absolute Gasteiger partial charge is 0.220 e. The molecule has 0 heterocycles. The molecule has 0 saturated carbocycles. The Hall–Kier alpha value is -0.870. The van der Waals surface area contributed by atoms with Gasteiger partial charge in [-0.25, -0.2) is 0 Å². The predicted octanol–water partition coefficient (Wildman–Crippen LogP) is 18.9. The zero-order valence-corrected chi connectivity index (χ0v) is 42.7. The van der Waals surface area contributed by atoms with Gasteiger partial charge in [-0.3, -0.25) is 4.79 Å². The summed E-state index contributed by atoms with van der Waals surface area (Å²) in [5, 5.41) is 23.2. The number of rotatable bonds is 54. The lowest BCUT2D eigenvalue weighted by molar-refractivity contribution is -0.123. The normalized spacial score (nSPS) is 12.8. The molecule has 0 aromatic carbocycles. The number of nitrogens with one attached hydrogen (secondary N) is 1. The van der Waals surface area contributed by atoms with Crippen LogP contribution in [0.3, 0.4) is 0 Å². The Morgan fingerprint density at radius 3 is 0.839 bits per heavy atom. The van der Waals surface area contributed by atoms with Crippen molar-refractivity contribution in [2.75, 3.05) is 6.61 Å². The van der Waals surface area contributed by atoms with E-state index in [0.717, 1.165) is 25.7 Å². The lowest BCUT2D eigenvalue weighted by atomic mass is 10.0. The lowest BCUT2D eigenvalue weighted by Crippen LogP contribution is -2.45. The molecule has 62 heavy (non-hydrogen) atoms. The van der Waals surface area contributed by atoms with Crippen LogP contribution in [0.25, 0.3) is 0 Å². The Bertz CT molecular complexity index is 860. The minimum atomic E-state index is -0.836. The van der Waals surface area contributed by atoms with Crippen LogP contribution in [0.15, 0.2) is 12.2 Å². The van der Waals surface area contributed by atoms with Crippen molar-refractivity contribution in [3.63, 3.8) is 0 Å². The molecule has 4 heteroatoms. The first-order valence-corrected chi connectivity index (χ1v) is 28.9. The molecule has 0 rings (SSSR count). The maximum atomic E-state index is 12.5. The van der Waals surface area contributed by atoms with Gasteiger partial charge in [-0.1, -0.05) is 321 Å². The molecule has 1 amide bonds. The Labute approximate surface area is 390 Å². The number of carbonyl (C=O) groups is 1. The first-order valence-electron chi connectivity index (χ1n) is 28.9. The summed E-state index contributed by atoms with van der Waals surface area (Å²) in [6, 6.07) is -0.618. The van der Waals surface area contributed by atoms with Crippen LogP contribution in [-0.2, 0) is 4.79 Å². The molecule has 0 aliphatic rings.